The predicted molar refractivity (Wildman–Crippen MR) is 123 cm³/mol. The molecule has 0 unspecified atom stereocenters. The number of rotatable bonds is 5. The minimum absolute atomic E-state index is 0.190. The minimum Gasteiger partial charge on any atom is -0.494 e. The lowest BCUT2D eigenvalue weighted by Crippen LogP contribution is -2.37. The third-order valence-electron chi connectivity index (χ3n) is 5.40. The number of nitrogens with one attached hydrogen (secondary N) is 1. The fourth-order valence-corrected chi connectivity index (χ4v) is 6.11. The van der Waals surface area contributed by atoms with Crippen molar-refractivity contribution in [2.45, 2.75) is 24.7 Å². The molecule has 3 aromatic rings. The number of thiazole rings is 1. The van der Waals surface area contributed by atoms with Gasteiger partial charge in [0.05, 0.1) is 21.7 Å². The highest BCUT2D eigenvalue weighted by Gasteiger charge is 2.28. The van der Waals surface area contributed by atoms with E-state index in [1.165, 1.54) is 39.9 Å². The number of nitrogens with zero attached hydrogens (tertiary/aromatic N) is 2. The van der Waals surface area contributed by atoms with Crippen LogP contribution in [0, 0.1) is 5.92 Å². The number of amides is 1. The molecule has 1 N–H and O–H groups in total. The van der Waals surface area contributed by atoms with Crippen LogP contribution in [0.3, 0.4) is 0 Å². The number of carbonyl (C=O) groups is 1. The van der Waals surface area contributed by atoms with Gasteiger partial charge in [0.25, 0.3) is 5.91 Å². The smallest absolute Gasteiger partial charge is 0.257 e. The Morgan fingerprint density at radius 1 is 1.19 bits per heavy atom. The number of hydrogen-bond acceptors (Lipinski definition) is 6. The summed E-state index contributed by atoms with van der Waals surface area (Å²) in [5, 5.41) is 3.65. The molecule has 1 amide bonds. The largest absolute Gasteiger partial charge is 0.494 e. The van der Waals surface area contributed by atoms with Gasteiger partial charge < -0.3 is 4.74 Å². The first-order chi connectivity index (χ1) is 14.8. The van der Waals surface area contributed by atoms with Crippen LogP contribution in [0.15, 0.2) is 41.3 Å². The fourth-order valence-electron chi connectivity index (χ4n) is 3.49. The summed E-state index contributed by atoms with van der Waals surface area (Å²) in [6, 6.07) is 9.40. The maximum absolute atomic E-state index is 12.9. The average molecular weight is 480 g/mol. The van der Waals surface area contributed by atoms with Gasteiger partial charge in [-0.05, 0) is 55.2 Å². The third-order valence-corrected chi connectivity index (χ3v) is 8.74. The Morgan fingerprint density at radius 3 is 2.52 bits per heavy atom. The predicted octanol–water partition coefficient (Wildman–Crippen LogP) is 4.63. The molecule has 0 bridgehead atoms. The second-order valence-electron chi connectivity index (χ2n) is 7.51. The first-order valence-corrected chi connectivity index (χ1v) is 12.5. The van der Waals surface area contributed by atoms with Gasteiger partial charge in [-0.1, -0.05) is 29.9 Å². The molecule has 7 nitrogen and oxygen atoms in total. The molecule has 164 valence electrons. The molecule has 10 heteroatoms. The summed E-state index contributed by atoms with van der Waals surface area (Å²) in [7, 11) is -2.01. The highest BCUT2D eigenvalue weighted by atomic mass is 35.5. The van der Waals surface area contributed by atoms with E-state index in [1.54, 1.807) is 19.2 Å². The third kappa shape index (κ3) is 4.41. The number of anilines is 1. The number of halogens is 1. The number of ether oxygens (including phenoxy) is 1. The van der Waals surface area contributed by atoms with Crippen LogP contribution in [0.4, 0.5) is 5.13 Å². The molecule has 2 heterocycles. The normalized spacial score (nSPS) is 15.8. The van der Waals surface area contributed by atoms with Crippen LogP contribution in [0.1, 0.15) is 30.1 Å². The second kappa shape index (κ2) is 8.74. The molecule has 1 aromatic heterocycles. The van der Waals surface area contributed by atoms with Gasteiger partial charge in [0.2, 0.25) is 10.0 Å². The number of hydrogen-bond donors (Lipinski definition) is 1. The van der Waals surface area contributed by atoms with E-state index in [9.17, 15) is 13.2 Å². The second-order valence-corrected chi connectivity index (χ2v) is 10.9. The Labute approximate surface area is 190 Å². The number of methoxy groups -OCH3 is 1. The summed E-state index contributed by atoms with van der Waals surface area (Å²) >= 11 is 7.47. The molecule has 0 atom stereocenters. The standard InChI is InChI=1S/C21H22ClN3O4S2/c1-13-9-11-25(12-10-13)31(27,28)15-5-3-14(4-6-15)20(26)24-21-23-18-17(29-2)8-7-16(22)19(18)30-21/h3-8,13H,9-12H2,1-2H3,(H,23,24,26). The van der Waals surface area contributed by atoms with Crippen molar-refractivity contribution in [2.75, 3.05) is 25.5 Å². The zero-order chi connectivity index (χ0) is 22.2. The molecule has 0 spiro atoms. The van der Waals surface area contributed by atoms with E-state index >= 15 is 0 Å². The molecule has 0 radical (unpaired) electrons. The summed E-state index contributed by atoms with van der Waals surface area (Å²) in [5.74, 6) is 0.720. The lowest BCUT2D eigenvalue weighted by Gasteiger charge is -2.29. The first kappa shape index (κ1) is 22.0. The molecule has 0 aliphatic carbocycles. The van der Waals surface area contributed by atoms with Crippen LogP contribution in [0.5, 0.6) is 5.75 Å². The van der Waals surface area contributed by atoms with E-state index in [2.05, 4.69) is 17.2 Å². The monoisotopic (exact) mass is 479 g/mol. The quantitative estimate of drug-likeness (QED) is 0.576. The summed E-state index contributed by atoms with van der Waals surface area (Å²) in [4.78, 5) is 17.3. The van der Waals surface area contributed by atoms with Crippen molar-refractivity contribution in [2.24, 2.45) is 5.92 Å². The zero-order valence-corrected chi connectivity index (χ0v) is 19.5. The van der Waals surface area contributed by atoms with Crippen molar-refractivity contribution in [1.29, 1.82) is 0 Å². The first-order valence-electron chi connectivity index (χ1n) is 9.84. The molecule has 1 saturated heterocycles. The van der Waals surface area contributed by atoms with Crippen molar-refractivity contribution in [3.63, 3.8) is 0 Å². The maximum Gasteiger partial charge on any atom is 0.257 e. The van der Waals surface area contributed by atoms with Gasteiger partial charge in [-0.25, -0.2) is 13.4 Å². The van der Waals surface area contributed by atoms with Crippen molar-refractivity contribution < 1.29 is 17.9 Å². The van der Waals surface area contributed by atoms with Gasteiger partial charge in [-0.2, -0.15) is 4.31 Å². The highest BCUT2D eigenvalue weighted by Crippen LogP contribution is 2.37. The Balaban J connectivity index is 1.51. The van der Waals surface area contributed by atoms with Gasteiger partial charge in [0, 0.05) is 18.7 Å². The van der Waals surface area contributed by atoms with E-state index in [-0.39, 0.29) is 10.8 Å². The van der Waals surface area contributed by atoms with Gasteiger partial charge >= 0.3 is 0 Å². The van der Waals surface area contributed by atoms with E-state index in [0.29, 0.717) is 50.7 Å². The van der Waals surface area contributed by atoms with Crippen LogP contribution < -0.4 is 10.1 Å². The SMILES string of the molecule is COc1ccc(Cl)c2sc(NC(=O)c3ccc(S(=O)(=O)N4CCC(C)CC4)cc3)nc12. The minimum atomic E-state index is -3.55. The van der Waals surface area contributed by atoms with Crippen molar-refractivity contribution in [1.82, 2.24) is 9.29 Å². The lowest BCUT2D eigenvalue weighted by atomic mass is 10.0. The Bertz CT molecular complexity index is 1220. The number of piperidine rings is 1. The molecule has 4 rings (SSSR count). The van der Waals surface area contributed by atoms with Gasteiger partial charge in [0.15, 0.2) is 5.13 Å². The molecule has 1 aliphatic rings. The molecule has 1 fully saturated rings. The summed E-state index contributed by atoms with van der Waals surface area (Å²) < 4.78 is 33.2. The van der Waals surface area contributed by atoms with E-state index < -0.39 is 10.0 Å². The Morgan fingerprint density at radius 2 is 1.87 bits per heavy atom. The van der Waals surface area contributed by atoms with Crippen molar-refractivity contribution in [3.8, 4) is 5.75 Å². The average Bonchev–Trinajstić information content (AvgIpc) is 3.19. The Kier molecular flexibility index (Phi) is 6.20. The van der Waals surface area contributed by atoms with Gasteiger partial charge in [-0.15, -0.1) is 0 Å². The fraction of sp³-hybridized carbons (Fsp3) is 0.333. The Hall–Kier alpha value is -2.20. The van der Waals surface area contributed by atoms with E-state index in [4.69, 9.17) is 16.3 Å². The highest BCUT2D eigenvalue weighted by molar-refractivity contribution is 7.89. The van der Waals surface area contributed by atoms with Crippen LogP contribution in [-0.2, 0) is 10.0 Å². The molecular weight excluding hydrogens is 458 g/mol. The maximum atomic E-state index is 12.9. The van der Waals surface area contributed by atoms with Crippen LogP contribution in [0.25, 0.3) is 10.2 Å². The summed E-state index contributed by atoms with van der Waals surface area (Å²) in [6.45, 7) is 3.18. The number of aromatic nitrogens is 1. The number of carbonyl (C=O) groups excluding carboxylic acids is 1. The summed E-state index contributed by atoms with van der Waals surface area (Å²) in [5.41, 5.74) is 0.913. The van der Waals surface area contributed by atoms with E-state index in [1.807, 2.05) is 0 Å². The topological polar surface area (TPSA) is 88.6 Å². The molecule has 0 saturated carbocycles. The van der Waals surface area contributed by atoms with Crippen LogP contribution in [-0.4, -0.2) is 43.8 Å². The number of sulfonamides is 1. The molecular formula is C21H22ClN3O4S2. The number of fused-ring (bicyclic) bond motifs is 1. The lowest BCUT2D eigenvalue weighted by molar-refractivity contribution is 0.102. The molecule has 31 heavy (non-hydrogen) atoms. The van der Waals surface area contributed by atoms with Crippen LogP contribution in [0.2, 0.25) is 5.02 Å². The molecule has 1 aliphatic heterocycles. The van der Waals surface area contributed by atoms with E-state index in [0.717, 1.165) is 12.8 Å². The van der Waals surface area contributed by atoms with Gasteiger partial charge in [0.1, 0.15) is 11.3 Å². The van der Waals surface area contributed by atoms with Gasteiger partial charge in [-0.3, -0.25) is 10.1 Å². The number of benzene rings is 2. The van der Waals surface area contributed by atoms with Crippen LogP contribution >= 0.6 is 22.9 Å². The zero-order valence-electron chi connectivity index (χ0n) is 17.1. The molecule has 2 aromatic carbocycles. The van der Waals surface area contributed by atoms with Crippen molar-refractivity contribution >= 4 is 54.2 Å². The van der Waals surface area contributed by atoms with Crippen molar-refractivity contribution in [3.05, 3.63) is 47.0 Å². The summed E-state index contributed by atoms with van der Waals surface area (Å²) in [6.07, 6.45) is 1.72.